The van der Waals surface area contributed by atoms with Gasteiger partial charge >= 0.3 is 0 Å². The number of halogens is 1. The SMILES string of the molecule is CC(C)C[C@H](C)N(C)NCOCCCN(CI)[C@@H](C)CN(C)C. The van der Waals surface area contributed by atoms with Crippen LogP contribution in [0.25, 0.3) is 0 Å². The molecule has 0 bridgehead atoms. The molecule has 0 aliphatic heterocycles. The van der Waals surface area contributed by atoms with Gasteiger partial charge in [0.2, 0.25) is 0 Å². The van der Waals surface area contributed by atoms with Gasteiger partial charge in [0.1, 0.15) is 6.73 Å². The predicted molar refractivity (Wildman–Crippen MR) is 109 cm³/mol. The van der Waals surface area contributed by atoms with Crippen molar-refractivity contribution in [3.63, 3.8) is 0 Å². The molecule has 5 nitrogen and oxygen atoms in total. The number of ether oxygens (including phenoxy) is 1. The van der Waals surface area contributed by atoms with Crippen molar-refractivity contribution in [3.8, 4) is 0 Å². The van der Waals surface area contributed by atoms with Crippen molar-refractivity contribution in [2.45, 2.75) is 52.6 Å². The van der Waals surface area contributed by atoms with Crippen molar-refractivity contribution in [1.82, 2.24) is 20.2 Å². The van der Waals surface area contributed by atoms with Crippen LogP contribution in [0.4, 0.5) is 0 Å². The minimum Gasteiger partial charge on any atom is -0.365 e. The van der Waals surface area contributed by atoms with Gasteiger partial charge in [-0.1, -0.05) is 36.4 Å². The number of hydrazine groups is 1. The summed E-state index contributed by atoms with van der Waals surface area (Å²) in [6.07, 6.45) is 2.27. The van der Waals surface area contributed by atoms with Crippen LogP contribution in [-0.4, -0.2) is 79.0 Å². The van der Waals surface area contributed by atoms with Crippen LogP contribution in [0.2, 0.25) is 0 Å². The number of nitrogens with zero attached hydrogens (tertiary/aromatic N) is 3. The van der Waals surface area contributed by atoms with Crippen LogP contribution in [0.3, 0.4) is 0 Å². The third-order valence-electron chi connectivity index (χ3n) is 4.03. The summed E-state index contributed by atoms with van der Waals surface area (Å²) in [5.74, 6) is 0.721. The topological polar surface area (TPSA) is 31.0 Å². The second-order valence-electron chi connectivity index (χ2n) is 7.20. The maximum Gasteiger partial charge on any atom is 0.109 e. The zero-order chi connectivity index (χ0) is 17.8. The lowest BCUT2D eigenvalue weighted by Gasteiger charge is -2.29. The maximum atomic E-state index is 5.72. The van der Waals surface area contributed by atoms with Gasteiger partial charge in [-0.2, -0.15) is 0 Å². The molecule has 23 heavy (non-hydrogen) atoms. The molecule has 0 saturated heterocycles. The summed E-state index contributed by atoms with van der Waals surface area (Å²) in [5.41, 5.74) is 3.33. The molecule has 0 aromatic heterocycles. The fraction of sp³-hybridized carbons (Fsp3) is 1.00. The minimum absolute atomic E-state index is 0.528. The van der Waals surface area contributed by atoms with Crippen LogP contribution < -0.4 is 5.43 Å². The van der Waals surface area contributed by atoms with Crippen LogP contribution in [0.15, 0.2) is 0 Å². The van der Waals surface area contributed by atoms with Crippen LogP contribution in [-0.2, 0) is 4.74 Å². The van der Waals surface area contributed by atoms with Gasteiger partial charge in [0.15, 0.2) is 0 Å². The Morgan fingerprint density at radius 3 is 2.22 bits per heavy atom. The summed E-state index contributed by atoms with van der Waals surface area (Å²) >= 11 is 2.45. The van der Waals surface area contributed by atoms with E-state index in [1.54, 1.807) is 0 Å². The van der Waals surface area contributed by atoms with Gasteiger partial charge in [-0.15, -0.1) is 0 Å². The fourth-order valence-corrected chi connectivity index (χ4v) is 3.64. The van der Waals surface area contributed by atoms with Crippen LogP contribution in [0, 0.1) is 5.92 Å². The van der Waals surface area contributed by atoms with E-state index in [0.717, 1.165) is 36.6 Å². The molecule has 0 radical (unpaired) electrons. The van der Waals surface area contributed by atoms with E-state index in [2.05, 4.69) is 91.7 Å². The van der Waals surface area contributed by atoms with Crippen LogP contribution in [0.5, 0.6) is 0 Å². The Morgan fingerprint density at radius 1 is 1.04 bits per heavy atom. The molecule has 1 N–H and O–H groups in total. The monoisotopic (exact) mass is 442 g/mol. The Kier molecular flexibility index (Phi) is 14.1. The smallest absolute Gasteiger partial charge is 0.109 e. The molecule has 0 amide bonds. The molecular weight excluding hydrogens is 403 g/mol. The van der Waals surface area contributed by atoms with E-state index in [-0.39, 0.29) is 0 Å². The number of hydrogen-bond donors (Lipinski definition) is 1. The number of hydrogen-bond acceptors (Lipinski definition) is 5. The Bertz CT molecular complexity index is 279. The lowest BCUT2D eigenvalue weighted by Crippen LogP contribution is -2.43. The standard InChI is InChI=1S/C17H39IN4O/c1-15(2)11-16(3)21(7)19-14-23-10-8-9-22(13-18)17(4)12-20(5)6/h15-17,19H,8-14H2,1-7H3/t16-,17-/m0/s1. The van der Waals surface area contributed by atoms with Crippen molar-refractivity contribution >= 4 is 22.6 Å². The Morgan fingerprint density at radius 2 is 1.70 bits per heavy atom. The lowest BCUT2D eigenvalue weighted by molar-refractivity contribution is 0.0358. The minimum atomic E-state index is 0.528. The van der Waals surface area contributed by atoms with Gasteiger partial charge in [-0.3, -0.25) is 4.90 Å². The summed E-state index contributed by atoms with van der Waals surface area (Å²) in [6, 6.07) is 1.11. The summed E-state index contributed by atoms with van der Waals surface area (Å²) in [5, 5.41) is 2.16. The van der Waals surface area contributed by atoms with E-state index < -0.39 is 0 Å². The van der Waals surface area contributed by atoms with E-state index >= 15 is 0 Å². The highest BCUT2D eigenvalue weighted by Crippen LogP contribution is 2.07. The molecule has 0 aliphatic rings. The third-order valence-corrected chi connectivity index (χ3v) is 4.91. The molecule has 0 aliphatic carbocycles. The molecule has 0 aromatic carbocycles. The first kappa shape index (κ1) is 23.5. The van der Waals surface area contributed by atoms with E-state index in [4.69, 9.17) is 4.74 Å². The summed E-state index contributed by atoms with van der Waals surface area (Å²) in [4.78, 5) is 4.76. The van der Waals surface area contributed by atoms with Gasteiger partial charge in [-0.05, 0) is 46.7 Å². The second kappa shape index (κ2) is 13.8. The van der Waals surface area contributed by atoms with Gasteiger partial charge in [0.25, 0.3) is 0 Å². The van der Waals surface area contributed by atoms with Gasteiger partial charge in [0, 0.05) is 38.8 Å². The molecule has 0 saturated carbocycles. The summed E-state index contributed by atoms with van der Waals surface area (Å²) in [6.45, 7) is 12.7. The highest BCUT2D eigenvalue weighted by molar-refractivity contribution is 14.1. The predicted octanol–water partition coefficient (Wildman–Crippen LogP) is 2.87. The zero-order valence-corrected chi connectivity index (χ0v) is 18.5. The molecular formula is C17H39IN4O. The molecule has 0 spiro atoms. The molecule has 0 rings (SSSR count). The lowest BCUT2D eigenvalue weighted by atomic mass is 10.1. The van der Waals surface area contributed by atoms with E-state index in [0.29, 0.717) is 18.8 Å². The molecule has 0 fully saturated rings. The third kappa shape index (κ3) is 12.5. The van der Waals surface area contributed by atoms with E-state index in [1.807, 2.05) is 0 Å². The number of nitrogens with one attached hydrogen (secondary N) is 1. The van der Waals surface area contributed by atoms with E-state index in [1.165, 1.54) is 6.42 Å². The van der Waals surface area contributed by atoms with Crippen LogP contribution >= 0.6 is 22.6 Å². The van der Waals surface area contributed by atoms with Crippen molar-refractivity contribution in [1.29, 1.82) is 0 Å². The summed E-state index contributed by atoms with van der Waals surface area (Å²) < 4.78 is 6.79. The van der Waals surface area contributed by atoms with Crippen molar-refractivity contribution in [2.75, 3.05) is 52.1 Å². The molecule has 2 atom stereocenters. The highest BCUT2D eigenvalue weighted by atomic mass is 127. The largest absolute Gasteiger partial charge is 0.365 e. The quantitative estimate of drug-likeness (QED) is 0.112. The van der Waals surface area contributed by atoms with Gasteiger partial charge < -0.3 is 9.64 Å². The molecule has 0 aromatic rings. The van der Waals surface area contributed by atoms with Crippen molar-refractivity contribution in [3.05, 3.63) is 0 Å². The number of likely N-dealkylation sites (N-methyl/N-ethyl adjacent to an activating group) is 1. The normalized spacial score (nSPS) is 15.1. The van der Waals surface area contributed by atoms with E-state index in [9.17, 15) is 0 Å². The first-order valence-corrected chi connectivity index (χ1v) is 10.3. The number of alkyl halides is 1. The average molecular weight is 442 g/mol. The first-order valence-electron chi connectivity index (χ1n) is 8.76. The Labute approximate surface area is 158 Å². The van der Waals surface area contributed by atoms with Crippen LogP contribution in [0.1, 0.15) is 40.5 Å². The van der Waals surface area contributed by atoms with Crippen molar-refractivity contribution < 1.29 is 4.74 Å². The fourth-order valence-electron chi connectivity index (χ4n) is 2.63. The Balaban J connectivity index is 3.74. The molecule has 140 valence electrons. The van der Waals surface area contributed by atoms with Crippen molar-refractivity contribution in [2.24, 2.45) is 5.92 Å². The maximum absolute atomic E-state index is 5.72. The summed E-state index contributed by atoms with van der Waals surface area (Å²) in [7, 11) is 6.36. The highest BCUT2D eigenvalue weighted by Gasteiger charge is 2.13. The van der Waals surface area contributed by atoms with Gasteiger partial charge in [-0.25, -0.2) is 10.4 Å². The molecule has 6 heteroatoms. The first-order chi connectivity index (χ1) is 10.8. The molecule has 0 heterocycles. The average Bonchev–Trinajstić information content (AvgIpc) is 2.44. The Hall–Kier alpha value is 0.530. The number of rotatable bonds is 14. The zero-order valence-electron chi connectivity index (χ0n) is 16.3. The second-order valence-corrected chi connectivity index (χ2v) is 7.88. The molecule has 0 unspecified atom stereocenters. The van der Waals surface area contributed by atoms with Gasteiger partial charge in [0.05, 0.1) is 4.55 Å².